The lowest BCUT2D eigenvalue weighted by molar-refractivity contribution is -0.121. The number of nitrogens with one attached hydrogen (secondary N) is 1. The third kappa shape index (κ3) is 4.07. The second-order valence-electron chi connectivity index (χ2n) is 4.30. The van der Waals surface area contributed by atoms with E-state index >= 15 is 0 Å². The number of rotatable bonds is 6. The van der Waals surface area contributed by atoms with Crippen LogP contribution in [-0.4, -0.2) is 30.2 Å². The first kappa shape index (κ1) is 11.5. The van der Waals surface area contributed by atoms with Gasteiger partial charge in [-0.15, -0.1) is 0 Å². The summed E-state index contributed by atoms with van der Waals surface area (Å²) in [6.07, 6.45) is 2.76. The van der Waals surface area contributed by atoms with Crippen LogP contribution in [0.15, 0.2) is 0 Å². The summed E-state index contributed by atoms with van der Waals surface area (Å²) in [6, 6.07) is 0.0273. The van der Waals surface area contributed by atoms with Gasteiger partial charge < -0.3 is 16.2 Å². The van der Waals surface area contributed by atoms with E-state index in [0.717, 1.165) is 0 Å². The van der Waals surface area contributed by atoms with Crippen molar-refractivity contribution in [2.45, 2.75) is 32.2 Å². The molecule has 1 amide bonds. The zero-order valence-corrected chi connectivity index (χ0v) is 8.70. The van der Waals surface area contributed by atoms with Crippen LogP contribution in [0.3, 0.4) is 0 Å². The maximum atomic E-state index is 11.3. The van der Waals surface area contributed by atoms with Gasteiger partial charge in [-0.2, -0.15) is 0 Å². The lowest BCUT2D eigenvalue weighted by Gasteiger charge is -2.12. The molecule has 0 aromatic rings. The van der Waals surface area contributed by atoms with Crippen molar-refractivity contribution >= 4 is 5.91 Å². The van der Waals surface area contributed by atoms with Crippen molar-refractivity contribution in [3.63, 3.8) is 0 Å². The molecule has 2 unspecified atom stereocenters. The van der Waals surface area contributed by atoms with E-state index in [-0.39, 0.29) is 24.5 Å². The molecule has 1 aliphatic rings. The number of aliphatic hydroxyl groups excluding tert-OH is 1. The molecule has 82 valence electrons. The van der Waals surface area contributed by atoms with Crippen LogP contribution in [0.5, 0.6) is 0 Å². The minimum absolute atomic E-state index is 0.00435. The van der Waals surface area contributed by atoms with Crippen molar-refractivity contribution in [1.29, 1.82) is 0 Å². The predicted octanol–water partition coefficient (Wildman–Crippen LogP) is -0.142. The third-order valence-corrected chi connectivity index (χ3v) is 2.61. The van der Waals surface area contributed by atoms with Gasteiger partial charge in [0.2, 0.25) is 5.91 Å². The molecule has 1 saturated carbocycles. The molecule has 1 aliphatic carbocycles. The summed E-state index contributed by atoms with van der Waals surface area (Å²) in [7, 11) is 0. The van der Waals surface area contributed by atoms with Gasteiger partial charge in [0, 0.05) is 25.6 Å². The van der Waals surface area contributed by atoms with Crippen molar-refractivity contribution in [3.8, 4) is 0 Å². The van der Waals surface area contributed by atoms with Crippen molar-refractivity contribution in [2.75, 3.05) is 13.2 Å². The summed E-state index contributed by atoms with van der Waals surface area (Å²) in [6.45, 7) is 2.53. The maximum Gasteiger partial charge on any atom is 0.221 e. The Morgan fingerprint density at radius 1 is 1.64 bits per heavy atom. The molecule has 4 nitrogen and oxygen atoms in total. The fourth-order valence-corrected chi connectivity index (χ4v) is 1.33. The second kappa shape index (κ2) is 5.32. The number of carbonyl (C=O) groups is 1. The Hall–Kier alpha value is -0.610. The second-order valence-corrected chi connectivity index (χ2v) is 4.30. The Balaban J connectivity index is 2.08. The van der Waals surface area contributed by atoms with E-state index in [1.54, 1.807) is 0 Å². The predicted molar refractivity (Wildman–Crippen MR) is 54.6 cm³/mol. The standard InChI is InChI=1S/C10H20N2O2/c1-7(6-13)5-12-10(14)4-9(11)8-2-3-8/h7-9,13H,2-6,11H2,1H3,(H,12,14). The largest absolute Gasteiger partial charge is 0.396 e. The highest BCUT2D eigenvalue weighted by Gasteiger charge is 2.29. The number of hydrogen-bond donors (Lipinski definition) is 3. The fourth-order valence-electron chi connectivity index (χ4n) is 1.33. The molecule has 0 radical (unpaired) electrons. The summed E-state index contributed by atoms with van der Waals surface area (Å²) in [5.41, 5.74) is 5.81. The molecule has 4 N–H and O–H groups in total. The molecule has 4 heteroatoms. The van der Waals surface area contributed by atoms with E-state index in [9.17, 15) is 4.79 Å². The van der Waals surface area contributed by atoms with Gasteiger partial charge in [-0.1, -0.05) is 6.92 Å². The minimum atomic E-state index is 0.00435. The molecule has 0 spiro atoms. The Labute approximate surface area is 84.9 Å². The molecule has 2 atom stereocenters. The monoisotopic (exact) mass is 200 g/mol. The third-order valence-electron chi connectivity index (χ3n) is 2.61. The molecule has 0 heterocycles. The first-order chi connectivity index (χ1) is 6.63. The minimum Gasteiger partial charge on any atom is -0.396 e. The van der Waals surface area contributed by atoms with E-state index in [0.29, 0.717) is 18.9 Å². The lowest BCUT2D eigenvalue weighted by atomic mass is 10.1. The average molecular weight is 200 g/mol. The van der Waals surface area contributed by atoms with Crippen molar-refractivity contribution in [3.05, 3.63) is 0 Å². The molecule has 0 bridgehead atoms. The molecule has 0 aromatic carbocycles. The molecule has 1 fully saturated rings. The number of aliphatic hydroxyl groups is 1. The Bertz CT molecular complexity index is 193. The van der Waals surface area contributed by atoms with Gasteiger partial charge in [0.15, 0.2) is 0 Å². The normalized spacial score (nSPS) is 20.2. The summed E-state index contributed by atoms with van der Waals surface area (Å²) in [5, 5.41) is 11.5. The van der Waals surface area contributed by atoms with Gasteiger partial charge in [-0.25, -0.2) is 0 Å². The Morgan fingerprint density at radius 2 is 2.29 bits per heavy atom. The maximum absolute atomic E-state index is 11.3. The van der Waals surface area contributed by atoms with Crippen LogP contribution >= 0.6 is 0 Å². The van der Waals surface area contributed by atoms with Gasteiger partial charge in [-0.3, -0.25) is 4.79 Å². The molecule has 1 rings (SSSR count). The van der Waals surface area contributed by atoms with E-state index in [1.165, 1.54) is 12.8 Å². The number of nitrogens with two attached hydrogens (primary N) is 1. The van der Waals surface area contributed by atoms with Gasteiger partial charge >= 0.3 is 0 Å². The molecular formula is C10H20N2O2. The highest BCUT2D eigenvalue weighted by molar-refractivity contribution is 5.76. The van der Waals surface area contributed by atoms with Crippen LogP contribution in [0, 0.1) is 11.8 Å². The molecule has 0 aromatic heterocycles. The summed E-state index contributed by atoms with van der Waals surface area (Å²) >= 11 is 0. The fraction of sp³-hybridized carbons (Fsp3) is 0.900. The SMILES string of the molecule is CC(CO)CNC(=O)CC(N)C1CC1. The summed E-state index contributed by atoms with van der Waals surface area (Å²) in [5.74, 6) is 0.691. The lowest BCUT2D eigenvalue weighted by Crippen LogP contribution is -2.35. The van der Waals surface area contributed by atoms with Crippen LogP contribution in [-0.2, 0) is 4.79 Å². The highest BCUT2D eigenvalue weighted by Crippen LogP contribution is 2.32. The van der Waals surface area contributed by atoms with Crippen LogP contribution in [0.1, 0.15) is 26.2 Å². The van der Waals surface area contributed by atoms with Gasteiger partial charge in [0.05, 0.1) is 0 Å². The molecule has 14 heavy (non-hydrogen) atoms. The quantitative estimate of drug-likeness (QED) is 0.558. The first-order valence-corrected chi connectivity index (χ1v) is 5.26. The molecular weight excluding hydrogens is 180 g/mol. The van der Waals surface area contributed by atoms with E-state index in [2.05, 4.69) is 5.32 Å². The van der Waals surface area contributed by atoms with E-state index < -0.39 is 0 Å². The van der Waals surface area contributed by atoms with Crippen LogP contribution in [0.25, 0.3) is 0 Å². The zero-order chi connectivity index (χ0) is 10.6. The Morgan fingerprint density at radius 3 is 2.79 bits per heavy atom. The smallest absolute Gasteiger partial charge is 0.221 e. The van der Waals surface area contributed by atoms with Gasteiger partial charge in [-0.05, 0) is 24.7 Å². The van der Waals surface area contributed by atoms with Crippen molar-refractivity contribution in [1.82, 2.24) is 5.32 Å². The molecule has 0 aliphatic heterocycles. The van der Waals surface area contributed by atoms with Crippen molar-refractivity contribution in [2.24, 2.45) is 17.6 Å². The van der Waals surface area contributed by atoms with Crippen LogP contribution in [0.4, 0.5) is 0 Å². The van der Waals surface area contributed by atoms with Gasteiger partial charge in [0.25, 0.3) is 0 Å². The number of amides is 1. The zero-order valence-electron chi connectivity index (χ0n) is 8.70. The average Bonchev–Trinajstić information content (AvgIpc) is 2.97. The topological polar surface area (TPSA) is 75.3 Å². The van der Waals surface area contributed by atoms with E-state index in [4.69, 9.17) is 10.8 Å². The summed E-state index contributed by atoms with van der Waals surface area (Å²) < 4.78 is 0. The number of hydrogen-bond acceptors (Lipinski definition) is 3. The van der Waals surface area contributed by atoms with Gasteiger partial charge in [0.1, 0.15) is 0 Å². The van der Waals surface area contributed by atoms with Crippen molar-refractivity contribution < 1.29 is 9.90 Å². The number of carbonyl (C=O) groups excluding carboxylic acids is 1. The summed E-state index contributed by atoms with van der Waals surface area (Å²) in [4.78, 5) is 11.3. The van der Waals surface area contributed by atoms with Crippen LogP contribution in [0.2, 0.25) is 0 Å². The first-order valence-electron chi connectivity index (χ1n) is 5.26. The highest BCUT2D eigenvalue weighted by atomic mass is 16.3. The Kier molecular flexibility index (Phi) is 4.35. The molecule has 0 saturated heterocycles. The van der Waals surface area contributed by atoms with Crippen LogP contribution < -0.4 is 11.1 Å². The van der Waals surface area contributed by atoms with E-state index in [1.807, 2.05) is 6.92 Å².